The summed E-state index contributed by atoms with van der Waals surface area (Å²) in [5.74, 6) is 0. The van der Waals surface area contributed by atoms with E-state index in [0.29, 0.717) is 6.42 Å². The Morgan fingerprint density at radius 2 is 2.33 bits per heavy atom. The maximum atomic E-state index is 8.90. The Balaban J connectivity index is 2.34. The van der Waals surface area contributed by atoms with Gasteiger partial charge in [-0.25, -0.2) is 0 Å². The van der Waals surface area contributed by atoms with Gasteiger partial charge in [-0.2, -0.15) is 5.26 Å². The van der Waals surface area contributed by atoms with E-state index in [1.54, 1.807) is 0 Å². The normalized spacial score (nSPS) is 41.2. The van der Waals surface area contributed by atoms with E-state index < -0.39 is 0 Å². The number of nitriles is 1. The Morgan fingerprint density at radius 3 is 2.67 bits per heavy atom. The fourth-order valence-electron chi connectivity index (χ4n) is 1.41. The lowest BCUT2D eigenvalue weighted by Crippen LogP contribution is -2.37. The van der Waals surface area contributed by atoms with Gasteiger partial charge in [0, 0.05) is 6.42 Å². The van der Waals surface area contributed by atoms with Gasteiger partial charge in [0.2, 0.25) is 0 Å². The summed E-state index contributed by atoms with van der Waals surface area (Å²) in [4.78, 5) is 0. The van der Waals surface area contributed by atoms with Crippen molar-refractivity contribution < 1.29 is 5.11 Å². The molecule has 0 radical (unpaired) electrons. The van der Waals surface area contributed by atoms with Gasteiger partial charge >= 0.3 is 0 Å². The zero-order valence-corrected chi connectivity index (χ0v) is 5.59. The smallest absolute Gasteiger partial charge is 0.0627 e. The summed E-state index contributed by atoms with van der Waals surface area (Å²) in [6.07, 6.45) is 2.06. The van der Waals surface area contributed by atoms with E-state index in [2.05, 4.69) is 6.07 Å². The molecule has 1 N–H and O–H groups in total. The number of nitrogens with zero attached hydrogens (tertiary/aromatic N) is 1. The van der Waals surface area contributed by atoms with Crippen molar-refractivity contribution in [3.8, 4) is 6.07 Å². The summed E-state index contributed by atoms with van der Waals surface area (Å²) in [6.45, 7) is 2.04. The van der Waals surface area contributed by atoms with Gasteiger partial charge in [0.15, 0.2) is 0 Å². The molecule has 0 amide bonds. The third-order valence-corrected chi connectivity index (χ3v) is 1.96. The Morgan fingerprint density at radius 1 is 1.78 bits per heavy atom. The van der Waals surface area contributed by atoms with Crippen LogP contribution in [-0.4, -0.2) is 11.2 Å². The lowest BCUT2D eigenvalue weighted by Gasteiger charge is -2.40. The molecular weight excluding hydrogens is 114 g/mol. The Bertz CT molecular complexity index is 141. The Hall–Kier alpha value is -0.550. The molecule has 0 spiro atoms. The highest BCUT2D eigenvalue weighted by Crippen LogP contribution is 2.42. The van der Waals surface area contributed by atoms with Gasteiger partial charge < -0.3 is 5.11 Å². The van der Waals surface area contributed by atoms with E-state index in [4.69, 9.17) is 10.4 Å². The third kappa shape index (κ3) is 1.22. The van der Waals surface area contributed by atoms with E-state index in [9.17, 15) is 0 Å². The van der Waals surface area contributed by atoms with Crippen molar-refractivity contribution in [2.24, 2.45) is 5.41 Å². The van der Waals surface area contributed by atoms with Crippen LogP contribution < -0.4 is 0 Å². The van der Waals surface area contributed by atoms with Crippen LogP contribution in [0.1, 0.15) is 26.2 Å². The molecule has 9 heavy (non-hydrogen) atoms. The summed E-state index contributed by atoms with van der Waals surface area (Å²) in [7, 11) is 0. The first-order chi connectivity index (χ1) is 4.16. The molecular formula is C7H11NO. The second-order valence-corrected chi connectivity index (χ2v) is 3.21. The minimum Gasteiger partial charge on any atom is -0.393 e. The standard InChI is InChI=1S/C7H11NO/c1-7(2-3-8)4-6(9)5-7/h6,9H,2,4-5H2,1H3. The van der Waals surface area contributed by atoms with Gasteiger partial charge in [0.1, 0.15) is 0 Å². The van der Waals surface area contributed by atoms with Gasteiger partial charge in [0.05, 0.1) is 12.2 Å². The van der Waals surface area contributed by atoms with Crippen molar-refractivity contribution in [3.05, 3.63) is 0 Å². The van der Waals surface area contributed by atoms with Crippen LogP contribution in [0.4, 0.5) is 0 Å². The zero-order chi connectivity index (χ0) is 6.91. The maximum absolute atomic E-state index is 8.90. The van der Waals surface area contributed by atoms with Crippen LogP contribution in [-0.2, 0) is 0 Å². The van der Waals surface area contributed by atoms with Crippen molar-refractivity contribution >= 4 is 0 Å². The predicted molar refractivity (Wildman–Crippen MR) is 33.6 cm³/mol. The molecule has 1 saturated carbocycles. The topological polar surface area (TPSA) is 44.0 Å². The molecule has 1 aliphatic rings. The van der Waals surface area contributed by atoms with E-state index in [1.807, 2.05) is 6.92 Å². The highest BCUT2D eigenvalue weighted by molar-refractivity contribution is 4.95. The van der Waals surface area contributed by atoms with E-state index in [-0.39, 0.29) is 11.5 Å². The fourth-order valence-corrected chi connectivity index (χ4v) is 1.41. The molecule has 0 bridgehead atoms. The Labute approximate surface area is 55.1 Å². The number of hydrogen-bond acceptors (Lipinski definition) is 2. The van der Waals surface area contributed by atoms with Crippen molar-refractivity contribution in [1.82, 2.24) is 0 Å². The Kier molecular flexibility index (Phi) is 1.46. The molecule has 2 nitrogen and oxygen atoms in total. The first-order valence-electron chi connectivity index (χ1n) is 3.21. The zero-order valence-electron chi connectivity index (χ0n) is 5.59. The van der Waals surface area contributed by atoms with Crippen LogP contribution in [0, 0.1) is 16.7 Å². The highest BCUT2D eigenvalue weighted by Gasteiger charge is 2.38. The van der Waals surface area contributed by atoms with Gasteiger partial charge in [-0.15, -0.1) is 0 Å². The largest absolute Gasteiger partial charge is 0.393 e. The monoisotopic (exact) mass is 125 g/mol. The number of hydrogen-bond donors (Lipinski definition) is 1. The van der Waals surface area contributed by atoms with Crippen LogP contribution in [0.15, 0.2) is 0 Å². The van der Waals surface area contributed by atoms with Crippen molar-refractivity contribution in [2.45, 2.75) is 32.3 Å². The number of aliphatic hydroxyl groups is 1. The number of rotatable bonds is 1. The lowest BCUT2D eigenvalue weighted by atomic mass is 9.67. The summed E-state index contributed by atoms with van der Waals surface area (Å²) in [6, 6.07) is 2.12. The van der Waals surface area contributed by atoms with Gasteiger partial charge in [-0.1, -0.05) is 6.92 Å². The summed E-state index contributed by atoms with van der Waals surface area (Å²) < 4.78 is 0. The van der Waals surface area contributed by atoms with Crippen LogP contribution in [0.2, 0.25) is 0 Å². The molecule has 1 fully saturated rings. The molecule has 0 unspecified atom stereocenters. The second-order valence-electron chi connectivity index (χ2n) is 3.21. The third-order valence-electron chi connectivity index (χ3n) is 1.96. The molecule has 0 saturated heterocycles. The van der Waals surface area contributed by atoms with Crippen molar-refractivity contribution in [2.75, 3.05) is 0 Å². The van der Waals surface area contributed by atoms with Gasteiger partial charge in [0.25, 0.3) is 0 Å². The highest BCUT2D eigenvalue weighted by atomic mass is 16.3. The minimum atomic E-state index is -0.136. The molecule has 1 aliphatic carbocycles. The molecule has 0 atom stereocenters. The van der Waals surface area contributed by atoms with Crippen LogP contribution in [0.5, 0.6) is 0 Å². The fraction of sp³-hybridized carbons (Fsp3) is 0.857. The maximum Gasteiger partial charge on any atom is 0.0627 e. The minimum absolute atomic E-state index is 0.133. The van der Waals surface area contributed by atoms with Crippen molar-refractivity contribution in [1.29, 1.82) is 5.26 Å². The van der Waals surface area contributed by atoms with E-state index in [1.165, 1.54) is 0 Å². The molecule has 50 valence electrons. The number of aliphatic hydroxyl groups excluding tert-OH is 1. The first-order valence-corrected chi connectivity index (χ1v) is 3.21. The summed E-state index contributed by atoms with van der Waals surface area (Å²) >= 11 is 0. The average Bonchev–Trinajstić information content (AvgIpc) is 1.62. The molecule has 0 heterocycles. The molecule has 2 heteroatoms. The van der Waals surface area contributed by atoms with Crippen LogP contribution in [0.3, 0.4) is 0 Å². The summed E-state index contributed by atoms with van der Waals surface area (Å²) in [5, 5.41) is 17.2. The van der Waals surface area contributed by atoms with Crippen molar-refractivity contribution in [3.63, 3.8) is 0 Å². The van der Waals surface area contributed by atoms with E-state index in [0.717, 1.165) is 12.8 Å². The molecule has 1 rings (SSSR count). The van der Waals surface area contributed by atoms with Gasteiger partial charge in [-0.05, 0) is 18.3 Å². The molecule has 0 aromatic heterocycles. The van der Waals surface area contributed by atoms with E-state index >= 15 is 0 Å². The molecule has 0 aliphatic heterocycles. The van der Waals surface area contributed by atoms with Crippen LogP contribution in [0.25, 0.3) is 0 Å². The van der Waals surface area contributed by atoms with Crippen LogP contribution >= 0.6 is 0 Å². The lowest BCUT2D eigenvalue weighted by molar-refractivity contribution is -0.0170. The average molecular weight is 125 g/mol. The summed E-state index contributed by atoms with van der Waals surface area (Å²) in [5.41, 5.74) is 0.133. The molecule has 0 aromatic rings. The SMILES string of the molecule is CC1(CC#N)CC(O)C1. The first kappa shape index (κ1) is 6.57. The molecule has 0 aromatic carbocycles. The predicted octanol–water partition coefficient (Wildman–Crippen LogP) is 1.06. The quantitative estimate of drug-likeness (QED) is 0.569. The van der Waals surface area contributed by atoms with Gasteiger partial charge in [-0.3, -0.25) is 0 Å². The second kappa shape index (κ2) is 2.00.